The molecule has 1 atom stereocenters. The highest BCUT2D eigenvalue weighted by molar-refractivity contribution is 6.19. The summed E-state index contributed by atoms with van der Waals surface area (Å²) < 4.78 is 14.8. The van der Waals surface area contributed by atoms with Crippen LogP contribution in [0, 0.1) is 12.7 Å². The average Bonchev–Trinajstić information content (AvgIpc) is 3.04. The molecule has 4 nitrogen and oxygen atoms in total. The van der Waals surface area contributed by atoms with Crippen molar-refractivity contribution in [2.45, 2.75) is 13.0 Å². The normalized spacial score (nSPS) is 16.4. The Labute approximate surface area is 179 Å². The second-order valence-electron chi connectivity index (χ2n) is 7.31. The van der Waals surface area contributed by atoms with E-state index in [9.17, 15) is 19.1 Å². The zero-order valence-electron chi connectivity index (χ0n) is 16.8. The molecule has 0 unspecified atom stereocenters. The van der Waals surface area contributed by atoms with Crippen LogP contribution >= 0.6 is 0 Å². The summed E-state index contributed by atoms with van der Waals surface area (Å²) in [6, 6.07) is 21.1. The summed E-state index contributed by atoms with van der Waals surface area (Å²) in [6.07, 6.45) is 2.89. The third-order valence-electron chi connectivity index (χ3n) is 5.21. The van der Waals surface area contributed by atoms with Crippen molar-refractivity contribution in [3.8, 4) is 0 Å². The molecule has 0 aromatic heterocycles. The van der Waals surface area contributed by atoms with Gasteiger partial charge >= 0.3 is 0 Å². The second kappa shape index (κ2) is 8.40. The van der Waals surface area contributed by atoms with Crippen LogP contribution in [-0.2, 0) is 9.59 Å². The number of allylic oxidation sites excluding steroid dienone is 1. The number of amides is 1. The molecule has 1 aliphatic heterocycles. The Kier molecular flexibility index (Phi) is 5.50. The fourth-order valence-corrected chi connectivity index (χ4v) is 3.65. The lowest BCUT2D eigenvalue weighted by Gasteiger charge is -2.27. The van der Waals surface area contributed by atoms with E-state index in [0.717, 1.165) is 11.1 Å². The van der Waals surface area contributed by atoms with Crippen molar-refractivity contribution in [2.75, 3.05) is 4.90 Å². The van der Waals surface area contributed by atoms with E-state index in [0.29, 0.717) is 5.69 Å². The van der Waals surface area contributed by atoms with Crippen LogP contribution in [0.5, 0.6) is 0 Å². The molecule has 1 aliphatic rings. The molecule has 4 rings (SSSR count). The van der Waals surface area contributed by atoms with Crippen molar-refractivity contribution in [3.63, 3.8) is 0 Å². The molecule has 154 valence electrons. The van der Waals surface area contributed by atoms with Gasteiger partial charge in [-0.05, 0) is 36.8 Å². The van der Waals surface area contributed by atoms with E-state index in [-0.39, 0.29) is 11.1 Å². The van der Waals surface area contributed by atoms with E-state index in [1.807, 2.05) is 49.4 Å². The van der Waals surface area contributed by atoms with E-state index >= 15 is 0 Å². The topological polar surface area (TPSA) is 57.6 Å². The number of aliphatic hydroxyl groups excluding tert-OH is 1. The van der Waals surface area contributed by atoms with Gasteiger partial charge in [0.15, 0.2) is 11.5 Å². The maximum Gasteiger partial charge on any atom is 0.294 e. The van der Waals surface area contributed by atoms with E-state index in [2.05, 4.69) is 0 Å². The maximum atomic E-state index is 14.8. The second-order valence-corrected chi connectivity index (χ2v) is 7.31. The van der Waals surface area contributed by atoms with E-state index in [1.165, 1.54) is 29.2 Å². The number of rotatable bonds is 5. The van der Waals surface area contributed by atoms with Crippen molar-refractivity contribution >= 4 is 23.5 Å². The van der Waals surface area contributed by atoms with Gasteiger partial charge in [-0.15, -0.1) is 0 Å². The number of benzene rings is 3. The molecule has 0 saturated carbocycles. The zero-order chi connectivity index (χ0) is 22.0. The Morgan fingerprint density at radius 3 is 2.29 bits per heavy atom. The van der Waals surface area contributed by atoms with Crippen molar-refractivity contribution in [1.29, 1.82) is 0 Å². The molecule has 3 aromatic carbocycles. The lowest BCUT2D eigenvalue weighted by Crippen LogP contribution is -2.31. The Hall–Kier alpha value is -3.99. The summed E-state index contributed by atoms with van der Waals surface area (Å²) in [4.78, 5) is 27.3. The van der Waals surface area contributed by atoms with Gasteiger partial charge in [-0.25, -0.2) is 4.39 Å². The van der Waals surface area contributed by atoms with Crippen molar-refractivity contribution in [2.24, 2.45) is 0 Å². The number of hydrogen-bond acceptors (Lipinski definition) is 3. The maximum absolute atomic E-state index is 14.8. The van der Waals surface area contributed by atoms with Crippen LogP contribution in [0.4, 0.5) is 10.1 Å². The minimum absolute atomic E-state index is 0.136. The highest BCUT2D eigenvalue weighted by Gasteiger charge is 2.44. The Morgan fingerprint density at radius 1 is 0.968 bits per heavy atom. The van der Waals surface area contributed by atoms with Crippen LogP contribution in [0.2, 0.25) is 0 Å². The number of carbonyl (C=O) groups excluding carboxylic acids is 2. The quantitative estimate of drug-likeness (QED) is 0.576. The summed E-state index contributed by atoms with van der Waals surface area (Å²) in [5, 5.41) is 10.6. The molecule has 0 bridgehead atoms. The van der Waals surface area contributed by atoms with Crippen molar-refractivity contribution in [3.05, 3.63) is 119 Å². The largest absolute Gasteiger partial charge is 0.503 e. The third kappa shape index (κ3) is 3.90. The summed E-state index contributed by atoms with van der Waals surface area (Å²) in [5.74, 6) is -2.54. The van der Waals surface area contributed by atoms with E-state index in [1.54, 1.807) is 24.3 Å². The van der Waals surface area contributed by atoms with Crippen LogP contribution < -0.4 is 4.90 Å². The highest BCUT2D eigenvalue weighted by atomic mass is 19.1. The molecule has 3 aromatic rings. The first-order chi connectivity index (χ1) is 15.0. The Morgan fingerprint density at radius 2 is 1.61 bits per heavy atom. The van der Waals surface area contributed by atoms with Crippen LogP contribution in [-0.4, -0.2) is 16.8 Å². The molecule has 31 heavy (non-hydrogen) atoms. The first kappa shape index (κ1) is 20.3. The summed E-state index contributed by atoms with van der Waals surface area (Å²) >= 11 is 0. The lowest BCUT2D eigenvalue weighted by molar-refractivity contribution is -0.117. The number of ketones is 1. The number of hydrogen-bond donors (Lipinski definition) is 1. The number of aliphatic hydroxyl groups is 1. The summed E-state index contributed by atoms with van der Waals surface area (Å²) in [5.41, 5.74) is 2.22. The molecule has 0 radical (unpaired) electrons. The Bertz CT molecular complexity index is 1200. The van der Waals surface area contributed by atoms with Crippen molar-refractivity contribution in [1.82, 2.24) is 0 Å². The van der Waals surface area contributed by atoms with Gasteiger partial charge in [0, 0.05) is 11.3 Å². The fourth-order valence-electron chi connectivity index (χ4n) is 3.65. The predicted molar refractivity (Wildman–Crippen MR) is 118 cm³/mol. The summed E-state index contributed by atoms with van der Waals surface area (Å²) in [6.45, 7) is 1.91. The predicted octanol–water partition coefficient (Wildman–Crippen LogP) is 5.32. The van der Waals surface area contributed by atoms with E-state index in [4.69, 9.17) is 0 Å². The molecular weight excluding hydrogens is 393 g/mol. The number of halogens is 1. The molecule has 0 spiro atoms. The lowest BCUT2D eigenvalue weighted by atomic mass is 9.95. The molecule has 1 heterocycles. The van der Waals surface area contributed by atoms with Gasteiger partial charge in [0.1, 0.15) is 5.82 Å². The van der Waals surface area contributed by atoms with Gasteiger partial charge in [-0.1, -0.05) is 72.3 Å². The third-order valence-corrected chi connectivity index (χ3v) is 5.21. The molecular formula is C26H20FNO3. The van der Waals surface area contributed by atoms with Gasteiger partial charge in [-0.2, -0.15) is 0 Å². The van der Waals surface area contributed by atoms with Crippen LogP contribution in [0.15, 0.2) is 96.3 Å². The van der Waals surface area contributed by atoms with Gasteiger partial charge in [0.2, 0.25) is 0 Å². The van der Waals surface area contributed by atoms with Crippen LogP contribution in [0.25, 0.3) is 6.08 Å². The standard InChI is InChI=1S/C26H20FNO3/c1-17-11-14-19(15-12-17)28-24(20-9-5-6-10-21(20)27)23(25(30)26(28)31)22(29)16-13-18-7-3-2-4-8-18/h2-16,24,30H,1H3/b16-13+/t24-/m1/s1. The molecule has 0 saturated heterocycles. The number of anilines is 1. The van der Waals surface area contributed by atoms with E-state index < -0.39 is 29.3 Å². The molecule has 5 heteroatoms. The number of nitrogens with zero attached hydrogens (tertiary/aromatic N) is 1. The van der Waals surface area contributed by atoms with Gasteiger partial charge in [-0.3, -0.25) is 14.5 Å². The molecule has 0 fully saturated rings. The first-order valence-electron chi connectivity index (χ1n) is 9.82. The van der Waals surface area contributed by atoms with Crippen LogP contribution in [0.1, 0.15) is 22.7 Å². The van der Waals surface area contributed by atoms with Crippen molar-refractivity contribution < 1.29 is 19.1 Å². The van der Waals surface area contributed by atoms with Gasteiger partial charge in [0.25, 0.3) is 5.91 Å². The minimum Gasteiger partial charge on any atom is -0.503 e. The smallest absolute Gasteiger partial charge is 0.294 e. The number of aryl methyl sites for hydroxylation is 1. The summed E-state index contributed by atoms with van der Waals surface area (Å²) in [7, 11) is 0. The zero-order valence-corrected chi connectivity index (χ0v) is 16.8. The highest BCUT2D eigenvalue weighted by Crippen LogP contribution is 2.41. The fraction of sp³-hybridized carbons (Fsp3) is 0.0769. The first-order valence-corrected chi connectivity index (χ1v) is 9.82. The molecule has 1 N–H and O–H groups in total. The number of carbonyl (C=O) groups is 2. The molecule has 0 aliphatic carbocycles. The molecule has 1 amide bonds. The monoisotopic (exact) mass is 413 g/mol. The Balaban J connectivity index is 1.81. The SMILES string of the molecule is Cc1ccc(N2C(=O)C(O)=C(C(=O)/C=C/c3ccccc3)[C@H]2c2ccccc2F)cc1. The van der Waals surface area contributed by atoms with Gasteiger partial charge in [0.05, 0.1) is 11.6 Å². The van der Waals surface area contributed by atoms with Gasteiger partial charge < -0.3 is 5.11 Å². The van der Waals surface area contributed by atoms with Crippen LogP contribution in [0.3, 0.4) is 0 Å². The minimum atomic E-state index is -1.08. The average molecular weight is 413 g/mol.